The highest BCUT2D eigenvalue weighted by Crippen LogP contribution is 2.37. The second-order valence-electron chi connectivity index (χ2n) is 6.14. The van der Waals surface area contributed by atoms with E-state index in [0.29, 0.717) is 6.42 Å². The molecule has 0 heterocycles. The third-order valence-corrected chi connectivity index (χ3v) is 5.40. The van der Waals surface area contributed by atoms with E-state index in [0.717, 1.165) is 12.8 Å². The van der Waals surface area contributed by atoms with Crippen LogP contribution < -0.4 is 4.72 Å². The van der Waals surface area contributed by atoms with E-state index in [-0.39, 0.29) is 30.4 Å². The molecular weight excluding hydrogens is 323 g/mol. The first-order valence-corrected chi connectivity index (χ1v) is 9.64. The average Bonchev–Trinajstić information content (AvgIpc) is 2.19. The predicted molar refractivity (Wildman–Crippen MR) is 82.9 cm³/mol. The number of unbranched alkanes of at least 4 members (excludes halogenated alkanes) is 1. The van der Waals surface area contributed by atoms with Crippen LogP contribution in [0.25, 0.3) is 0 Å². The highest BCUT2D eigenvalue weighted by atomic mass is 32.2. The van der Waals surface area contributed by atoms with Gasteiger partial charge in [-0.25, -0.2) is 13.1 Å². The second kappa shape index (κ2) is 8.62. The number of thioether (sulfide) groups is 1. The van der Waals surface area contributed by atoms with Gasteiger partial charge in [0.2, 0.25) is 10.0 Å². The fourth-order valence-electron chi connectivity index (χ4n) is 1.90. The average molecular weight is 349 g/mol. The summed E-state index contributed by atoms with van der Waals surface area (Å²) in [5.41, 5.74) is -4.83. The Labute approximate surface area is 130 Å². The Morgan fingerprint density at radius 2 is 1.62 bits per heavy atom. The van der Waals surface area contributed by atoms with Crippen molar-refractivity contribution in [3.05, 3.63) is 0 Å². The zero-order valence-electron chi connectivity index (χ0n) is 13.1. The summed E-state index contributed by atoms with van der Waals surface area (Å²) in [4.78, 5) is 0. The van der Waals surface area contributed by atoms with Gasteiger partial charge in [-0.1, -0.05) is 19.8 Å². The molecular formula is C13H26F3NO2S2. The largest absolute Gasteiger partial charge is 0.442 e. The maximum Gasteiger partial charge on any atom is 0.442 e. The molecule has 8 heteroatoms. The first-order chi connectivity index (χ1) is 9.35. The van der Waals surface area contributed by atoms with E-state index >= 15 is 0 Å². The summed E-state index contributed by atoms with van der Waals surface area (Å²) >= 11 is -0.00970. The van der Waals surface area contributed by atoms with Gasteiger partial charge in [-0.2, -0.15) is 13.2 Å². The number of rotatable bonds is 9. The lowest BCUT2D eigenvalue weighted by Gasteiger charge is -2.21. The molecule has 0 rings (SSSR count). The molecule has 128 valence electrons. The molecule has 1 unspecified atom stereocenters. The standard InChI is InChI=1S/C13H26F3NO2S2/c1-5-6-8-11(20-13(14,15)16)9-7-10-21(18,19)17-12(2,3)4/h11,17H,5-10H2,1-4H3. The second-order valence-corrected chi connectivity index (χ2v) is 9.35. The summed E-state index contributed by atoms with van der Waals surface area (Å²) in [6.07, 6.45) is 2.52. The van der Waals surface area contributed by atoms with Gasteiger partial charge in [-0.3, -0.25) is 0 Å². The Morgan fingerprint density at radius 1 is 1.10 bits per heavy atom. The van der Waals surface area contributed by atoms with Crippen LogP contribution in [0.2, 0.25) is 0 Å². The smallest absolute Gasteiger partial charge is 0.212 e. The van der Waals surface area contributed by atoms with Crippen molar-refractivity contribution in [3.8, 4) is 0 Å². The molecule has 0 aromatic rings. The van der Waals surface area contributed by atoms with Crippen molar-refractivity contribution in [2.24, 2.45) is 0 Å². The lowest BCUT2D eigenvalue weighted by atomic mass is 10.1. The molecule has 0 spiro atoms. The highest BCUT2D eigenvalue weighted by molar-refractivity contribution is 8.00. The Bertz CT molecular complexity index is 389. The molecule has 0 aliphatic heterocycles. The summed E-state index contributed by atoms with van der Waals surface area (Å²) < 4.78 is 63.4. The van der Waals surface area contributed by atoms with E-state index < -0.39 is 26.3 Å². The molecule has 3 nitrogen and oxygen atoms in total. The first-order valence-electron chi connectivity index (χ1n) is 7.11. The molecule has 21 heavy (non-hydrogen) atoms. The molecule has 1 atom stereocenters. The molecule has 0 aromatic carbocycles. The van der Waals surface area contributed by atoms with Gasteiger partial charge >= 0.3 is 5.51 Å². The minimum absolute atomic E-state index is 0.00970. The van der Waals surface area contributed by atoms with Gasteiger partial charge < -0.3 is 0 Å². The van der Waals surface area contributed by atoms with Crippen LogP contribution >= 0.6 is 11.8 Å². The predicted octanol–water partition coefficient (Wildman–Crippen LogP) is 4.30. The van der Waals surface area contributed by atoms with Crippen LogP contribution in [-0.2, 0) is 10.0 Å². The number of hydrogen-bond acceptors (Lipinski definition) is 3. The molecule has 0 radical (unpaired) electrons. The number of sulfonamides is 1. The van der Waals surface area contributed by atoms with Crippen molar-refractivity contribution in [2.45, 2.75) is 76.1 Å². The molecule has 1 N–H and O–H groups in total. The van der Waals surface area contributed by atoms with Crippen molar-refractivity contribution in [1.82, 2.24) is 4.72 Å². The molecule has 0 saturated heterocycles. The van der Waals surface area contributed by atoms with Crippen molar-refractivity contribution in [2.75, 3.05) is 5.75 Å². The SMILES string of the molecule is CCCCC(CCCS(=O)(=O)NC(C)(C)C)SC(F)(F)F. The van der Waals surface area contributed by atoms with Crippen LogP contribution in [0.4, 0.5) is 13.2 Å². The fourth-order valence-corrected chi connectivity index (χ4v) is 4.43. The van der Waals surface area contributed by atoms with E-state index in [1.807, 2.05) is 6.92 Å². The van der Waals surface area contributed by atoms with E-state index in [2.05, 4.69) is 4.72 Å². The van der Waals surface area contributed by atoms with Gasteiger partial charge in [-0.05, 0) is 51.8 Å². The van der Waals surface area contributed by atoms with E-state index in [1.54, 1.807) is 20.8 Å². The molecule has 0 saturated carbocycles. The minimum Gasteiger partial charge on any atom is -0.212 e. The van der Waals surface area contributed by atoms with Gasteiger partial charge in [0.25, 0.3) is 0 Å². The maximum atomic E-state index is 12.4. The summed E-state index contributed by atoms with van der Waals surface area (Å²) in [5, 5.41) is -0.560. The summed E-state index contributed by atoms with van der Waals surface area (Å²) in [6.45, 7) is 7.11. The third kappa shape index (κ3) is 13.4. The van der Waals surface area contributed by atoms with Crippen LogP contribution in [0, 0.1) is 0 Å². The van der Waals surface area contributed by atoms with Crippen molar-refractivity contribution in [1.29, 1.82) is 0 Å². The Kier molecular flexibility index (Phi) is 8.64. The monoisotopic (exact) mass is 349 g/mol. The Balaban J connectivity index is 4.35. The minimum atomic E-state index is -4.26. The Morgan fingerprint density at radius 3 is 2.05 bits per heavy atom. The molecule has 0 aliphatic carbocycles. The number of hydrogen-bond donors (Lipinski definition) is 1. The molecule has 0 aromatic heterocycles. The van der Waals surface area contributed by atoms with E-state index in [1.165, 1.54) is 0 Å². The fraction of sp³-hybridized carbons (Fsp3) is 1.00. The number of halogens is 3. The van der Waals surface area contributed by atoms with Gasteiger partial charge in [0.05, 0.1) is 5.75 Å². The topological polar surface area (TPSA) is 46.2 Å². The van der Waals surface area contributed by atoms with E-state index in [9.17, 15) is 21.6 Å². The van der Waals surface area contributed by atoms with Crippen molar-refractivity contribution in [3.63, 3.8) is 0 Å². The maximum absolute atomic E-state index is 12.4. The lowest BCUT2D eigenvalue weighted by Crippen LogP contribution is -2.41. The first kappa shape index (κ1) is 21.0. The normalized spacial score (nSPS) is 15.2. The Hall–Kier alpha value is 0.0500. The van der Waals surface area contributed by atoms with Crippen LogP contribution in [0.1, 0.15) is 59.8 Å². The summed E-state index contributed by atoms with van der Waals surface area (Å²) in [7, 11) is -3.44. The van der Waals surface area contributed by atoms with Gasteiger partial charge in [0.1, 0.15) is 0 Å². The van der Waals surface area contributed by atoms with E-state index in [4.69, 9.17) is 0 Å². The molecule has 0 bridgehead atoms. The quantitative estimate of drug-likeness (QED) is 0.675. The van der Waals surface area contributed by atoms with Crippen LogP contribution in [-0.4, -0.2) is 30.5 Å². The molecule has 0 aliphatic rings. The van der Waals surface area contributed by atoms with Crippen molar-refractivity contribution >= 4 is 21.8 Å². The molecule has 0 fully saturated rings. The van der Waals surface area contributed by atoms with Crippen molar-refractivity contribution < 1.29 is 21.6 Å². The van der Waals surface area contributed by atoms with Gasteiger partial charge in [-0.15, -0.1) is 0 Å². The number of alkyl halides is 3. The molecule has 0 amide bonds. The summed E-state index contributed by atoms with van der Waals surface area (Å²) in [6, 6.07) is 0. The number of nitrogens with one attached hydrogen (secondary N) is 1. The van der Waals surface area contributed by atoms with Crippen LogP contribution in [0.3, 0.4) is 0 Å². The zero-order valence-corrected chi connectivity index (χ0v) is 14.7. The van der Waals surface area contributed by atoms with Gasteiger partial charge in [0, 0.05) is 10.8 Å². The highest BCUT2D eigenvalue weighted by Gasteiger charge is 2.32. The van der Waals surface area contributed by atoms with Crippen LogP contribution in [0.15, 0.2) is 0 Å². The van der Waals surface area contributed by atoms with Crippen LogP contribution in [0.5, 0.6) is 0 Å². The summed E-state index contributed by atoms with van der Waals surface area (Å²) in [5.74, 6) is -0.134. The zero-order chi connectivity index (χ0) is 16.7. The third-order valence-electron chi connectivity index (χ3n) is 2.58. The lowest BCUT2D eigenvalue weighted by molar-refractivity contribution is -0.0335. The van der Waals surface area contributed by atoms with Gasteiger partial charge in [0.15, 0.2) is 0 Å².